The number of fused-ring (bicyclic) bond motifs is 2. The molecule has 1 N–H and O–H groups in total. The number of carbonyl (C=O) groups excluding carboxylic acids is 1. The number of ether oxygens (including phenoxy) is 1. The molecule has 3 heterocycles. The van der Waals surface area contributed by atoms with E-state index in [1.165, 1.54) is 27.8 Å². The Morgan fingerprint density at radius 1 is 1.17 bits per heavy atom. The van der Waals surface area contributed by atoms with Gasteiger partial charge in [-0.3, -0.25) is 14.7 Å². The minimum Gasteiger partial charge on any atom is -0.475 e. The van der Waals surface area contributed by atoms with Crippen molar-refractivity contribution in [2.75, 3.05) is 18.2 Å². The van der Waals surface area contributed by atoms with Crippen LogP contribution in [0.1, 0.15) is 12.8 Å². The second kappa shape index (κ2) is 5.47. The maximum absolute atomic E-state index is 12.7. The smallest absolute Gasteiger partial charge is 0.276 e. The fourth-order valence-corrected chi connectivity index (χ4v) is 4.47. The van der Waals surface area contributed by atoms with Crippen LogP contribution in [-0.4, -0.2) is 48.0 Å². The predicted molar refractivity (Wildman–Crippen MR) is 106 cm³/mol. The van der Waals surface area contributed by atoms with E-state index in [0.717, 1.165) is 6.26 Å². The van der Waals surface area contributed by atoms with E-state index in [9.17, 15) is 18.0 Å². The van der Waals surface area contributed by atoms with Crippen LogP contribution < -0.4 is 15.2 Å². The van der Waals surface area contributed by atoms with Crippen LogP contribution in [0.15, 0.2) is 34.2 Å². The van der Waals surface area contributed by atoms with E-state index in [1.807, 2.05) is 0 Å². The van der Waals surface area contributed by atoms with Gasteiger partial charge in [0.05, 0.1) is 16.8 Å². The van der Waals surface area contributed by atoms with Gasteiger partial charge in [0.15, 0.2) is 21.2 Å². The molecule has 3 aromatic rings. The molecule has 2 aliphatic rings. The molecular formula is C19H18N4O5S. The van der Waals surface area contributed by atoms with Gasteiger partial charge in [0, 0.05) is 55.9 Å². The number of H-pyrrole nitrogens is 1. The van der Waals surface area contributed by atoms with Crippen LogP contribution in [0.3, 0.4) is 0 Å². The number of nitrogens with zero attached hydrogens (tertiary/aromatic N) is 3. The van der Waals surface area contributed by atoms with Crippen LogP contribution in [0.4, 0.5) is 5.69 Å². The standard InChI is InChI=1S/C19H18N4O5S/c1-22-9-13(12-8-20-21-15(12)17(22)24)11-6-10(29(3,26)27)7-14-16(11)28-19(4-5-19)18(25)23(14)2/h6-9H,4-5H2,1-3H3,(H,20,21). The van der Waals surface area contributed by atoms with Crippen LogP contribution in [0.5, 0.6) is 5.75 Å². The van der Waals surface area contributed by atoms with Crippen molar-refractivity contribution in [3.8, 4) is 16.9 Å². The number of amides is 1. The highest BCUT2D eigenvalue weighted by Crippen LogP contribution is 2.53. The van der Waals surface area contributed by atoms with E-state index in [1.54, 1.807) is 20.3 Å². The number of hydrogen-bond acceptors (Lipinski definition) is 6. The van der Waals surface area contributed by atoms with Crippen LogP contribution in [0.25, 0.3) is 22.0 Å². The first-order valence-corrected chi connectivity index (χ1v) is 10.9. The van der Waals surface area contributed by atoms with Crippen molar-refractivity contribution in [2.24, 2.45) is 7.05 Å². The number of likely N-dealkylation sites (N-methyl/N-ethyl adjacent to an activating group) is 1. The molecular weight excluding hydrogens is 396 g/mol. The Morgan fingerprint density at radius 2 is 1.90 bits per heavy atom. The molecule has 150 valence electrons. The lowest BCUT2D eigenvalue weighted by Crippen LogP contribution is -2.45. The lowest BCUT2D eigenvalue weighted by Gasteiger charge is -2.34. The van der Waals surface area contributed by atoms with Crippen molar-refractivity contribution in [1.29, 1.82) is 0 Å². The second-order valence-electron chi connectivity index (χ2n) is 7.67. The number of rotatable bonds is 2. The number of sulfone groups is 1. The topological polar surface area (TPSA) is 114 Å². The average Bonchev–Trinajstić information content (AvgIpc) is 3.26. The quantitative estimate of drug-likeness (QED) is 0.674. The van der Waals surface area contributed by atoms with Crippen molar-refractivity contribution in [2.45, 2.75) is 23.3 Å². The molecule has 1 aliphatic carbocycles. The number of pyridine rings is 1. The third kappa shape index (κ3) is 2.45. The minimum atomic E-state index is -3.56. The highest BCUT2D eigenvalue weighted by atomic mass is 32.2. The van der Waals surface area contributed by atoms with E-state index in [-0.39, 0.29) is 16.4 Å². The number of carbonyl (C=O) groups is 1. The molecule has 1 saturated carbocycles. The highest BCUT2D eigenvalue weighted by molar-refractivity contribution is 7.90. The van der Waals surface area contributed by atoms with Gasteiger partial charge in [0.25, 0.3) is 11.5 Å². The first-order chi connectivity index (χ1) is 13.6. The summed E-state index contributed by atoms with van der Waals surface area (Å²) < 4.78 is 32.3. The van der Waals surface area contributed by atoms with Crippen LogP contribution in [0.2, 0.25) is 0 Å². The highest BCUT2D eigenvalue weighted by Gasteiger charge is 2.57. The van der Waals surface area contributed by atoms with Gasteiger partial charge < -0.3 is 14.2 Å². The second-order valence-corrected chi connectivity index (χ2v) is 9.69. The number of anilines is 1. The Bertz CT molecular complexity index is 1380. The molecule has 0 unspecified atom stereocenters. The van der Waals surface area contributed by atoms with Gasteiger partial charge >= 0.3 is 0 Å². The molecule has 10 heteroatoms. The molecule has 0 atom stereocenters. The zero-order valence-corrected chi connectivity index (χ0v) is 16.8. The molecule has 5 rings (SSSR count). The lowest BCUT2D eigenvalue weighted by atomic mass is 10.00. The van der Waals surface area contributed by atoms with Crippen molar-refractivity contribution in [3.63, 3.8) is 0 Å². The minimum absolute atomic E-state index is 0.0618. The van der Waals surface area contributed by atoms with Gasteiger partial charge in [-0.2, -0.15) is 5.10 Å². The molecule has 1 aliphatic heterocycles. The number of aryl methyl sites for hydroxylation is 1. The van der Waals surface area contributed by atoms with Crippen LogP contribution in [0, 0.1) is 0 Å². The third-order valence-electron chi connectivity index (χ3n) is 5.60. The van der Waals surface area contributed by atoms with E-state index in [0.29, 0.717) is 46.3 Å². The zero-order chi connectivity index (χ0) is 20.7. The maximum Gasteiger partial charge on any atom is 0.276 e. The molecule has 0 saturated heterocycles. The molecule has 1 amide bonds. The number of hydrogen-bond donors (Lipinski definition) is 1. The van der Waals surface area contributed by atoms with E-state index >= 15 is 0 Å². The largest absolute Gasteiger partial charge is 0.475 e. The molecule has 0 radical (unpaired) electrons. The fourth-order valence-electron chi connectivity index (χ4n) is 3.81. The summed E-state index contributed by atoms with van der Waals surface area (Å²) >= 11 is 0. The monoisotopic (exact) mass is 414 g/mol. The summed E-state index contributed by atoms with van der Waals surface area (Å²) in [4.78, 5) is 26.7. The summed E-state index contributed by atoms with van der Waals surface area (Å²) in [6.45, 7) is 0. The van der Waals surface area contributed by atoms with Crippen LogP contribution >= 0.6 is 0 Å². The summed E-state index contributed by atoms with van der Waals surface area (Å²) in [6.07, 6.45) is 5.48. The van der Waals surface area contributed by atoms with Gasteiger partial charge in [-0.05, 0) is 12.1 Å². The Hall–Kier alpha value is -3.14. The van der Waals surface area contributed by atoms with Crippen molar-refractivity contribution in [3.05, 3.63) is 34.9 Å². The SMILES string of the molecule is CN1C(=O)C2(CC2)Oc2c(-c3cn(C)c(=O)c4[nH]ncc34)cc(S(C)(=O)=O)cc21. The summed E-state index contributed by atoms with van der Waals surface area (Å²) in [5, 5.41) is 7.23. The lowest BCUT2D eigenvalue weighted by molar-refractivity contribution is -0.127. The number of benzene rings is 1. The molecule has 1 fully saturated rings. The average molecular weight is 414 g/mol. The first-order valence-electron chi connectivity index (χ1n) is 9.01. The maximum atomic E-state index is 12.7. The van der Waals surface area contributed by atoms with Gasteiger partial charge in [-0.1, -0.05) is 0 Å². The van der Waals surface area contributed by atoms with E-state index < -0.39 is 15.4 Å². The third-order valence-corrected chi connectivity index (χ3v) is 6.70. The Balaban J connectivity index is 1.89. The summed E-state index contributed by atoms with van der Waals surface area (Å²) in [6, 6.07) is 2.98. The summed E-state index contributed by atoms with van der Waals surface area (Å²) in [5.74, 6) is 0.244. The van der Waals surface area contributed by atoms with E-state index in [2.05, 4.69) is 10.2 Å². The van der Waals surface area contributed by atoms with Gasteiger partial charge in [0.2, 0.25) is 0 Å². The number of aromatic nitrogens is 3. The van der Waals surface area contributed by atoms with Crippen molar-refractivity contribution < 1.29 is 17.9 Å². The van der Waals surface area contributed by atoms with Gasteiger partial charge in [-0.25, -0.2) is 8.42 Å². The summed E-state index contributed by atoms with van der Waals surface area (Å²) in [5.41, 5.74) is 0.646. The Kier molecular flexibility index (Phi) is 3.38. The Labute approximate surface area is 165 Å². The predicted octanol–water partition coefficient (Wildman–Crippen LogP) is 1.22. The molecule has 2 aromatic heterocycles. The molecule has 1 aromatic carbocycles. The summed E-state index contributed by atoms with van der Waals surface area (Å²) in [7, 11) is -0.337. The molecule has 0 bridgehead atoms. The normalized spacial score (nSPS) is 17.5. The van der Waals surface area contributed by atoms with Crippen LogP contribution in [-0.2, 0) is 21.7 Å². The number of aromatic amines is 1. The molecule has 29 heavy (non-hydrogen) atoms. The van der Waals surface area contributed by atoms with Gasteiger partial charge in [0.1, 0.15) is 5.52 Å². The molecule has 1 spiro atoms. The molecule has 9 nitrogen and oxygen atoms in total. The Morgan fingerprint density at radius 3 is 2.55 bits per heavy atom. The fraction of sp³-hybridized carbons (Fsp3) is 0.316. The number of nitrogens with one attached hydrogen (secondary N) is 1. The first kappa shape index (κ1) is 17.9. The van der Waals surface area contributed by atoms with E-state index in [4.69, 9.17) is 4.74 Å². The zero-order valence-electron chi connectivity index (χ0n) is 16.0. The van der Waals surface area contributed by atoms with Crippen molar-refractivity contribution in [1.82, 2.24) is 14.8 Å². The van der Waals surface area contributed by atoms with Gasteiger partial charge in [-0.15, -0.1) is 0 Å². The van der Waals surface area contributed by atoms with Crippen molar-refractivity contribution >= 4 is 32.3 Å².